The summed E-state index contributed by atoms with van der Waals surface area (Å²) in [5.74, 6) is -0.117. The Kier molecular flexibility index (Phi) is 4.11. The molecule has 17 heavy (non-hydrogen) atoms. The lowest BCUT2D eigenvalue weighted by Gasteiger charge is -2.16. The molecule has 0 aliphatic heterocycles. The second kappa shape index (κ2) is 5.18. The van der Waals surface area contributed by atoms with Crippen LogP contribution in [0.4, 0.5) is 5.95 Å². The van der Waals surface area contributed by atoms with E-state index in [-0.39, 0.29) is 11.9 Å². The van der Waals surface area contributed by atoms with E-state index in [1.807, 2.05) is 13.8 Å². The van der Waals surface area contributed by atoms with Crippen LogP contribution in [0.5, 0.6) is 0 Å². The molecule has 3 N–H and O–H groups in total. The van der Waals surface area contributed by atoms with E-state index >= 15 is 0 Å². The van der Waals surface area contributed by atoms with Crippen molar-refractivity contribution in [2.24, 2.45) is 5.73 Å². The average molecular weight is 237 g/mol. The number of anilines is 1. The third-order valence-corrected chi connectivity index (χ3v) is 2.32. The molecule has 1 rings (SSSR count). The molecule has 0 aliphatic carbocycles. The summed E-state index contributed by atoms with van der Waals surface area (Å²) in [5.41, 5.74) is 6.42. The number of carbonyl (C=O) groups excluding carboxylic acids is 1. The van der Waals surface area contributed by atoms with Gasteiger partial charge in [0.15, 0.2) is 0 Å². The fourth-order valence-electron chi connectivity index (χ4n) is 1.25. The van der Waals surface area contributed by atoms with E-state index in [1.165, 1.54) is 0 Å². The van der Waals surface area contributed by atoms with E-state index < -0.39 is 5.54 Å². The van der Waals surface area contributed by atoms with Gasteiger partial charge in [0.25, 0.3) is 0 Å². The number of hydrogen-bond donors (Lipinski definition) is 2. The molecular weight excluding hydrogens is 218 g/mol. The number of rotatable bonds is 4. The van der Waals surface area contributed by atoms with Gasteiger partial charge in [0.05, 0.1) is 16.9 Å². The van der Waals surface area contributed by atoms with Crippen LogP contribution in [-0.2, 0) is 17.6 Å². The van der Waals surface area contributed by atoms with Gasteiger partial charge in [-0.15, -0.1) is 10.2 Å². The van der Waals surface area contributed by atoms with Gasteiger partial charge in [-0.1, -0.05) is 13.8 Å². The molecule has 0 aliphatic rings. The minimum absolute atomic E-state index is 0.211. The van der Waals surface area contributed by atoms with Crippen LogP contribution in [0.1, 0.15) is 39.1 Å². The zero-order valence-electron chi connectivity index (χ0n) is 10.7. The van der Waals surface area contributed by atoms with Crippen molar-refractivity contribution in [2.45, 2.75) is 46.1 Å². The maximum Gasteiger partial charge on any atom is 0.249 e. The second-order valence-corrected chi connectivity index (χ2v) is 4.41. The third kappa shape index (κ3) is 3.45. The summed E-state index contributed by atoms with van der Waals surface area (Å²) in [5, 5.41) is 10.5. The minimum Gasteiger partial charge on any atom is -0.318 e. The first-order chi connectivity index (χ1) is 7.88. The molecule has 0 saturated heterocycles. The van der Waals surface area contributed by atoms with Crippen molar-refractivity contribution in [3.8, 4) is 0 Å². The summed E-state index contributed by atoms with van der Waals surface area (Å²) < 4.78 is 0. The molecule has 0 unspecified atom stereocenters. The van der Waals surface area contributed by atoms with Crippen molar-refractivity contribution in [1.29, 1.82) is 0 Å². The molecule has 0 bridgehead atoms. The predicted octanol–water partition coefficient (Wildman–Crippen LogP) is 0.672. The highest BCUT2D eigenvalue weighted by molar-refractivity contribution is 5.95. The molecule has 1 amide bonds. The molecule has 6 nitrogen and oxygen atoms in total. The number of aromatic nitrogens is 3. The lowest BCUT2D eigenvalue weighted by atomic mass is 10.1. The third-order valence-electron chi connectivity index (χ3n) is 2.32. The van der Waals surface area contributed by atoms with Crippen LogP contribution in [0.25, 0.3) is 0 Å². The zero-order chi connectivity index (χ0) is 13.1. The summed E-state index contributed by atoms with van der Waals surface area (Å²) in [6.07, 6.45) is 1.54. The van der Waals surface area contributed by atoms with Crippen molar-refractivity contribution in [2.75, 3.05) is 5.32 Å². The van der Waals surface area contributed by atoms with Crippen molar-refractivity contribution in [3.63, 3.8) is 0 Å². The number of amides is 1. The highest BCUT2D eigenvalue weighted by Gasteiger charge is 2.23. The molecule has 0 spiro atoms. The fourth-order valence-corrected chi connectivity index (χ4v) is 1.25. The van der Waals surface area contributed by atoms with Crippen LogP contribution < -0.4 is 11.1 Å². The SMILES string of the molecule is CCc1nnc(NC(=O)C(C)(C)N)nc1CC. The summed E-state index contributed by atoms with van der Waals surface area (Å²) in [6, 6.07) is 0. The van der Waals surface area contributed by atoms with E-state index in [0.717, 1.165) is 24.2 Å². The van der Waals surface area contributed by atoms with Gasteiger partial charge < -0.3 is 5.73 Å². The Morgan fingerprint density at radius 2 is 1.82 bits per heavy atom. The van der Waals surface area contributed by atoms with Gasteiger partial charge in [-0.2, -0.15) is 0 Å². The first kappa shape index (κ1) is 13.5. The highest BCUT2D eigenvalue weighted by atomic mass is 16.2. The largest absolute Gasteiger partial charge is 0.318 e. The van der Waals surface area contributed by atoms with E-state index in [0.29, 0.717) is 0 Å². The Morgan fingerprint density at radius 1 is 1.24 bits per heavy atom. The van der Waals surface area contributed by atoms with Crippen molar-refractivity contribution in [1.82, 2.24) is 15.2 Å². The number of carbonyl (C=O) groups is 1. The standard InChI is InChI=1S/C11H19N5O/c1-5-7-8(6-2)15-16-10(13-7)14-9(17)11(3,4)12/h5-6,12H2,1-4H3,(H,13,14,16,17). The molecule has 6 heteroatoms. The van der Waals surface area contributed by atoms with Crippen LogP contribution in [0.3, 0.4) is 0 Å². The molecule has 1 heterocycles. The minimum atomic E-state index is -0.959. The molecule has 1 aromatic heterocycles. The maximum atomic E-state index is 11.6. The van der Waals surface area contributed by atoms with Gasteiger partial charge in [-0.05, 0) is 26.7 Å². The van der Waals surface area contributed by atoms with Crippen molar-refractivity contribution >= 4 is 11.9 Å². The topological polar surface area (TPSA) is 93.8 Å². The Morgan fingerprint density at radius 3 is 2.29 bits per heavy atom. The van der Waals surface area contributed by atoms with Crippen LogP contribution in [-0.4, -0.2) is 26.6 Å². The summed E-state index contributed by atoms with van der Waals surface area (Å²) in [7, 11) is 0. The predicted molar refractivity (Wildman–Crippen MR) is 65.5 cm³/mol. The number of nitrogens with two attached hydrogens (primary N) is 1. The number of hydrogen-bond acceptors (Lipinski definition) is 5. The van der Waals surface area contributed by atoms with Crippen molar-refractivity contribution in [3.05, 3.63) is 11.4 Å². The second-order valence-electron chi connectivity index (χ2n) is 4.41. The smallest absolute Gasteiger partial charge is 0.249 e. The monoisotopic (exact) mass is 237 g/mol. The molecular formula is C11H19N5O. The molecule has 94 valence electrons. The lowest BCUT2D eigenvalue weighted by Crippen LogP contribution is -2.45. The quantitative estimate of drug-likeness (QED) is 0.802. The number of nitrogens with one attached hydrogen (secondary N) is 1. The van der Waals surface area contributed by atoms with Crippen LogP contribution in [0, 0.1) is 0 Å². The molecule has 0 aromatic carbocycles. The summed E-state index contributed by atoms with van der Waals surface area (Å²) >= 11 is 0. The normalized spacial score (nSPS) is 11.4. The van der Waals surface area contributed by atoms with Gasteiger partial charge in [-0.3, -0.25) is 10.1 Å². The van der Waals surface area contributed by atoms with E-state index in [9.17, 15) is 4.79 Å². The van der Waals surface area contributed by atoms with Gasteiger partial charge in [-0.25, -0.2) is 4.98 Å². The Balaban J connectivity index is 2.90. The van der Waals surface area contributed by atoms with Gasteiger partial charge in [0.2, 0.25) is 11.9 Å². The van der Waals surface area contributed by atoms with Crippen LogP contribution in [0.15, 0.2) is 0 Å². The highest BCUT2D eigenvalue weighted by Crippen LogP contribution is 2.08. The first-order valence-corrected chi connectivity index (χ1v) is 5.71. The zero-order valence-corrected chi connectivity index (χ0v) is 10.7. The van der Waals surface area contributed by atoms with Gasteiger partial charge in [0, 0.05) is 0 Å². The average Bonchev–Trinajstić information content (AvgIpc) is 2.27. The Bertz CT molecular complexity index is 411. The fraction of sp³-hybridized carbons (Fsp3) is 0.636. The van der Waals surface area contributed by atoms with E-state index in [2.05, 4.69) is 20.5 Å². The van der Waals surface area contributed by atoms with Gasteiger partial charge in [0.1, 0.15) is 0 Å². The van der Waals surface area contributed by atoms with Gasteiger partial charge >= 0.3 is 0 Å². The maximum absolute atomic E-state index is 11.6. The lowest BCUT2D eigenvalue weighted by molar-refractivity contribution is -0.120. The van der Waals surface area contributed by atoms with Crippen molar-refractivity contribution < 1.29 is 4.79 Å². The Labute approximate surface area is 101 Å². The molecule has 0 fully saturated rings. The molecule has 1 aromatic rings. The molecule has 0 saturated carbocycles. The summed E-state index contributed by atoms with van der Waals surface area (Å²) in [4.78, 5) is 15.9. The van der Waals surface area contributed by atoms with E-state index in [1.54, 1.807) is 13.8 Å². The number of nitrogens with zero attached hydrogens (tertiary/aromatic N) is 3. The van der Waals surface area contributed by atoms with E-state index in [4.69, 9.17) is 5.73 Å². The number of aryl methyl sites for hydroxylation is 2. The molecule has 0 radical (unpaired) electrons. The van der Waals surface area contributed by atoms with Crippen LogP contribution in [0.2, 0.25) is 0 Å². The summed E-state index contributed by atoms with van der Waals surface area (Å²) in [6.45, 7) is 7.22. The first-order valence-electron chi connectivity index (χ1n) is 5.71. The Hall–Kier alpha value is -1.56. The van der Waals surface area contributed by atoms with Crippen LogP contribution >= 0.6 is 0 Å². The molecule has 0 atom stereocenters.